The topological polar surface area (TPSA) is 143 Å². The molecule has 4 aromatic rings. The Balaban J connectivity index is 1.29. The zero-order valence-corrected chi connectivity index (χ0v) is 32.6. The van der Waals surface area contributed by atoms with Crippen LogP contribution in [0.3, 0.4) is 0 Å². The molecule has 11 nitrogen and oxygen atoms in total. The molecule has 8 rings (SSSR count). The van der Waals surface area contributed by atoms with Crippen molar-refractivity contribution in [2.45, 2.75) is 25.2 Å². The molecule has 1 saturated carbocycles. The van der Waals surface area contributed by atoms with E-state index >= 15 is 4.79 Å². The van der Waals surface area contributed by atoms with Gasteiger partial charge in [0.05, 0.1) is 53.8 Å². The number of benzene rings is 4. The summed E-state index contributed by atoms with van der Waals surface area (Å²) in [6, 6.07) is 22.9. The van der Waals surface area contributed by atoms with Crippen molar-refractivity contribution in [3.8, 4) is 17.2 Å². The van der Waals surface area contributed by atoms with E-state index in [9.17, 15) is 24.3 Å². The Labute approximate surface area is 338 Å². The fraction of sp³-hybridized carbons (Fsp3) is 0.250. The molecule has 0 radical (unpaired) electrons. The lowest BCUT2D eigenvalue weighted by Gasteiger charge is -2.49. The van der Waals surface area contributed by atoms with Gasteiger partial charge in [-0.3, -0.25) is 34.3 Å². The van der Waals surface area contributed by atoms with Crippen LogP contribution in [0.2, 0.25) is 10.0 Å². The number of Topliss-reactive ketones (excluding diaryl/α,β-unsaturated/α-hetero) is 1. The highest BCUT2D eigenvalue weighted by Gasteiger charge is 2.69. The van der Waals surface area contributed by atoms with Crippen LogP contribution in [0, 0.1) is 29.6 Å². The van der Waals surface area contributed by atoms with Crippen LogP contribution in [0.25, 0.3) is 6.08 Å². The smallest absolute Gasteiger partial charge is 0.260 e. The standard InChI is InChI=1S/C44H37Cl2N3O8/c1-23(50)25-6-11-28(12-7-25)48-40(52)31-16-15-30-32(39(31)42(48)54)22-34-41(53)49(47-36-18-10-27(45)21-35(36)46)43(55)44(34,26-8-13-29(56-2)14-9-26)33(30)17-4-24-5-19-37(51)38(20-24)57-3/h4-15,17-21,31-34,39,47,51H,16,22H2,1-3H3/t31-,32+,33-,34-,39-,44-/m0/s1. The van der Waals surface area contributed by atoms with Crippen LogP contribution < -0.4 is 19.8 Å². The Morgan fingerprint density at radius 3 is 2.28 bits per heavy atom. The van der Waals surface area contributed by atoms with Crippen LogP contribution in [0.4, 0.5) is 11.4 Å². The van der Waals surface area contributed by atoms with Crippen LogP contribution in [-0.2, 0) is 24.6 Å². The van der Waals surface area contributed by atoms with Crippen molar-refractivity contribution in [2.75, 3.05) is 24.5 Å². The third-order valence-corrected chi connectivity index (χ3v) is 12.4. The molecule has 3 fully saturated rings. The number of anilines is 2. The second-order valence-corrected chi connectivity index (χ2v) is 15.5. The maximum Gasteiger partial charge on any atom is 0.260 e. The van der Waals surface area contributed by atoms with Crippen molar-refractivity contribution in [3.63, 3.8) is 0 Å². The molecule has 2 aliphatic carbocycles. The monoisotopic (exact) mass is 805 g/mol. The highest BCUT2D eigenvalue weighted by atomic mass is 35.5. The summed E-state index contributed by atoms with van der Waals surface area (Å²) in [6.45, 7) is 1.44. The maximum absolute atomic E-state index is 15.4. The molecule has 4 aliphatic rings. The summed E-state index contributed by atoms with van der Waals surface area (Å²) < 4.78 is 10.8. The minimum Gasteiger partial charge on any atom is -0.504 e. The number of aromatic hydroxyl groups is 1. The van der Waals surface area contributed by atoms with Crippen LogP contribution in [-0.4, -0.2) is 53.7 Å². The summed E-state index contributed by atoms with van der Waals surface area (Å²) in [7, 11) is 2.98. The number of ketones is 1. The third kappa shape index (κ3) is 6.07. The molecular formula is C44H37Cl2N3O8. The van der Waals surface area contributed by atoms with E-state index in [1.807, 2.05) is 12.2 Å². The van der Waals surface area contributed by atoms with Crippen LogP contribution in [0.15, 0.2) is 103 Å². The molecule has 4 amide bonds. The second kappa shape index (κ2) is 14.5. The lowest BCUT2D eigenvalue weighted by atomic mass is 9.50. The average Bonchev–Trinajstić information content (AvgIpc) is 3.59. The number of carbonyl (C=O) groups excluding carboxylic acids is 5. The first kappa shape index (κ1) is 38.0. The van der Waals surface area contributed by atoms with Gasteiger partial charge in [0.2, 0.25) is 11.8 Å². The summed E-state index contributed by atoms with van der Waals surface area (Å²) in [5, 5.41) is 11.9. The number of amides is 4. The number of hydrazine groups is 1. The van der Waals surface area contributed by atoms with E-state index < -0.39 is 52.7 Å². The molecule has 6 atom stereocenters. The number of phenols is 1. The van der Waals surface area contributed by atoms with Gasteiger partial charge >= 0.3 is 0 Å². The molecule has 2 aliphatic heterocycles. The Kier molecular flexibility index (Phi) is 9.70. The minimum absolute atomic E-state index is 0.0489. The molecule has 0 unspecified atom stereocenters. The van der Waals surface area contributed by atoms with E-state index in [1.54, 1.807) is 78.9 Å². The van der Waals surface area contributed by atoms with Crippen molar-refractivity contribution in [1.82, 2.24) is 5.01 Å². The number of rotatable bonds is 9. The molecule has 2 N–H and O–H groups in total. The molecule has 0 bridgehead atoms. The van der Waals surface area contributed by atoms with Crippen LogP contribution in [0.1, 0.15) is 41.3 Å². The first-order valence-corrected chi connectivity index (χ1v) is 19.1. The van der Waals surface area contributed by atoms with Crippen molar-refractivity contribution in [2.24, 2.45) is 29.6 Å². The maximum atomic E-state index is 15.4. The predicted octanol–water partition coefficient (Wildman–Crippen LogP) is 7.65. The summed E-state index contributed by atoms with van der Waals surface area (Å²) >= 11 is 12.7. The zero-order chi connectivity index (χ0) is 40.3. The summed E-state index contributed by atoms with van der Waals surface area (Å²) in [5.74, 6) is -5.15. The van der Waals surface area contributed by atoms with Gasteiger partial charge in [0.15, 0.2) is 17.3 Å². The SMILES string of the molecule is COc1ccc([C@@]23C(=O)N(Nc4ccc(Cl)cc4Cl)C(=O)[C@@H]2C[C@@H]2C(=CC[C@@H]4C(=O)N(c5ccc(C(C)=O)cc5)C(=O)[C@@H]42)[C@@H]3C=Cc2ccc(O)c(OC)c2)cc1. The number of allylic oxidation sites excluding steroid dienone is 3. The van der Waals surface area contributed by atoms with Gasteiger partial charge in [-0.05, 0) is 104 Å². The van der Waals surface area contributed by atoms with Crippen molar-refractivity contribution >= 4 is 70.1 Å². The van der Waals surface area contributed by atoms with E-state index in [2.05, 4.69) is 5.43 Å². The highest BCUT2D eigenvalue weighted by molar-refractivity contribution is 6.36. The van der Waals surface area contributed by atoms with Crippen molar-refractivity contribution < 1.29 is 38.6 Å². The summed E-state index contributed by atoms with van der Waals surface area (Å²) in [4.78, 5) is 72.2. The molecule has 4 aromatic carbocycles. The fourth-order valence-electron chi connectivity index (χ4n) is 9.19. The molecule has 13 heteroatoms. The van der Waals surface area contributed by atoms with Gasteiger partial charge < -0.3 is 14.6 Å². The summed E-state index contributed by atoms with van der Waals surface area (Å²) in [5.41, 5.74) is 4.51. The number of fused-ring (bicyclic) bond motifs is 4. The largest absolute Gasteiger partial charge is 0.504 e. The van der Waals surface area contributed by atoms with E-state index in [0.717, 1.165) is 10.6 Å². The number of nitrogens with zero attached hydrogens (tertiary/aromatic N) is 2. The average molecular weight is 807 g/mol. The van der Waals surface area contributed by atoms with Crippen LogP contribution >= 0.6 is 23.2 Å². The van der Waals surface area contributed by atoms with Gasteiger partial charge in [-0.1, -0.05) is 65.2 Å². The Hall–Kier alpha value is -5.91. The number of ether oxygens (including phenoxy) is 2. The molecule has 2 heterocycles. The molecule has 57 heavy (non-hydrogen) atoms. The van der Waals surface area contributed by atoms with Crippen molar-refractivity contribution in [3.05, 3.63) is 129 Å². The molecule has 290 valence electrons. The molecule has 2 saturated heterocycles. The number of nitrogens with one attached hydrogen (secondary N) is 1. The third-order valence-electron chi connectivity index (χ3n) is 11.9. The Bertz CT molecular complexity index is 2410. The van der Waals surface area contributed by atoms with Gasteiger partial charge in [-0.2, -0.15) is 5.01 Å². The zero-order valence-electron chi connectivity index (χ0n) is 31.1. The lowest BCUT2D eigenvalue weighted by molar-refractivity contribution is -0.139. The number of methoxy groups -OCH3 is 2. The first-order valence-electron chi connectivity index (χ1n) is 18.4. The van der Waals surface area contributed by atoms with Gasteiger partial charge in [0.25, 0.3) is 11.8 Å². The molecular weight excluding hydrogens is 769 g/mol. The Morgan fingerprint density at radius 2 is 1.61 bits per heavy atom. The number of phenolic OH excluding ortho intramolecular Hbond substituents is 1. The normalized spacial score (nSPS) is 25.3. The lowest BCUT2D eigenvalue weighted by Crippen LogP contribution is -2.54. The molecule has 0 aromatic heterocycles. The number of halogens is 2. The van der Waals surface area contributed by atoms with E-state index in [0.29, 0.717) is 33.1 Å². The fourth-order valence-corrected chi connectivity index (χ4v) is 9.65. The first-order chi connectivity index (χ1) is 27.4. The number of hydrogen-bond donors (Lipinski definition) is 2. The van der Waals surface area contributed by atoms with Gasteiger partial charge in [-0.25, -0.2) is 0 Å². The van der Waals surface area contributed by atoms with Gasteiger partial charge in [0, 0.05) is 16.5 Å². The van der Waals surface area contributed by atoms with Gasteiger partial charge in [0.1, 0.15) is 5.75 Å². The van der Waals surface area contributed by atoms with E-state index in [1.165, 1.54) is 38.2 Å². The minimum atomic E-state index is -1.53. The predicted molar refractivity (Wildman–Crippen MR) is 214 cm³/mol. The van der Waals surface area contributed by atoms with E-state index in [4.69, 9.17) is 32.7 Å². The van der Waals surface area contributed by atoms with E-state index in [-0.39, 0.29) is 46.7 Å². The second-order valence-electron chi connectivity index (χ2n) is 14.7. The number of carbonyl (C=O) groups is 5. The van der Waals surface area contributed by atoms with Crippen molar-refractivity contribution in [1.29, 1.82) is 0 Å². The molecule has 0 spiro atoms. The quantitative estimate of drug-likeness (QED) is 0.0991. The Morgan fingerprint density at radius 1 is 0.877 bits per heavy atom. The highest BCUT2D eigenvalue weighted by Crippen LogP contribution is 2.62. The number of imide groups is 2. The van der Waals surface area contributed by atoms with Gasteiger partial charge in [-0.15, -0.1) is 0 Å². The summed E-state index contributed by atoms with van der Waals surface area (Å²) in [6.07, 6.45) is 5.94. The van der Waals surface area contributed by atoms with Crippen LogP contribution in [0.5, 0.6) is 17.2 Å². The number of hydrogen-bond acceptors (Lipinski definition) is 9.